The highest BCUT2D eigenvalue weighted by atomic mass is 31.2. The minimum atomic E-state index is -4.27. The van der Waals surface area contributed by atoms with E-state index in [-0.39, 0.29) is 32.3 Å². The smallest absolute Gasteiger partial charge is 0.457 e. The second kappa shape index (κ2) is 46.3. The van der Waals surface area contributed by atoms with Gasteiger partial charge in [0.05, 0.1) is 19.8 Å². The molecule has 0 bridgehead atoms. The van der Waals surface area contributed by atoms with Gasteiger partial charge in [0.2, 0.25) is 0 Å². The van der Waals surface area contributed by atoms with E-state index in [1.807, 2.05) is 0 Å². The number of rotatable bonds is 48. The second-order valence-electron chi connectivity index (χ2n) is 16.7. The lowest BCUT2D eigenvalue weighted by Crippen LogP contribution is -2.28. The third kappa shape index (κ3) is 46.2. The van der Waals surface area contributed by atoms with Crippen molar-refractivity contribution in [2.45, 2.75) is 258 Å². The lowest BCUT2D eigenvalue weighted by molar-refractivity contribution is -0.154. The summed E-state index contributed by atoms with van der Waals surface area (Å²) in [6.07, 6.45) is 51.0. The Hall–Kier alpha value is -0.760. The summed E-state index contributed by atoms with van der Waals surface area (Å²) in [6, 6.07) is 0. The standard InChI is InChI=1S/C48H96NO7P/c1-3-5-7-9-11-13-15-17-19-21-22-23-24-25-26-28-30-32-34-36-38-40-43-53-45-47(46-55-57(51,52)54-44-42-49)56-48(50)41-39-37-35-33-31-29-27-20-18-16-14-12-10-8-6-4-2/h21-22,47H,3-20,23-46,49H2,1-2H3,(H,51,52)/b22-21-. The molecule has 0 fully saturated rings. The van der Waals surface area contributed by atoms with E-state index in [1.54, 1.807) is 0 Å². The molecule has 0 saturated heterocycles. The lowest BCUT2D eigenvalue weighted by Gasteiger charge is -2.20. The Morgan fingerprint density at radius 3 is 1.28 bits per heavy atom. The molecule has 9 heteroatoms. The summed E-state index contributed by atoms with van der Waals surface area (Å²) in [5.41, 5.74) is 5.38. The number of phosphoric ester groups is 1. The van der Waals surface area contributed by atoms with Crippen molar-refractivity contribution in [2.24, 2.45) is 5.73 Å². The highest BCUT2D eigenvalue weighted by molar-refractivity contribution is 7.47. The zero-order valence-electron chi connectivity index (χ0n) is 37.9. The molecule has 57 heavy (non-hydrogen) atoms. The first kappa shape index (κ1) is 56.2. The fourth-order valence-electron chi connectivity index (χ4n) is 7.29. The van der Waals surface area contributed by atoms with Gasteiger partial charge < -0.3 is 20.1 Å². The summed E-state index contributed by atoms with van der Waals surface area (Å²) in [5.74, 6) is -0.325. The van der Waals surface area contributed by atoms with Gasteiger partial charge in [-0.3, -0.25) is 13.8 Å². The first-order valence-corrected chi connectivity index (χ1v) is 26.2. The Kier molecular flexibility index (Phi) is 45.7. The van der Waals surface area contributed by atoms with Gasteiger partial charge in [-0.1, -0.05) is 219 Å². The van der Waals surface area contributed by atoms with Crippen LogP contribution < -0.4 is 5.73 Å². The normalized spacial score (nSPS) is 13.4. The number of hydrogen-bond acceptors (Lipinski definition) is 7. The molecule has 0 aliphatic heterocycles. The summed E-state index contributed by atoms with van der Waals surface area (Å²) in [6.45, 7) is 4.98. The van der Waals surface area contributed by atoms with Crippen LogP contribution in [0.25, 0.3) is 0 Å². The molecule has 0 rings (SSSR count). The zero-order valence-corrected chi connectivity index (χ0v) is 38.7. The van der Waals surface area contributed by atoms with E-state index in [9.17, 15) is 14.3 Å². The number of carbonyl (C=O) groups excluding carboxylic acids is 1. The first-order valence-electron chi connectivity index (χ1n) is 24.7. The topological polar surface area (TPSA) is 117 Å². The van der Waals surface area contributed by atoms with Gasteiger partial charge in [0, 0.05) is 19.6 Å². The predicted octanol–water partition coefficient (Wildman–Crippen LogP) is 15.0. The number of ether oxygens (including phenoxy) is 2. The molecule has 0 heterocycles. The Labute approximate surface area is 354 Å². The maximum absolute atomic E-state index is 12.6. The minimum Gasteiger partial charge on any atom is -0.457 e. The van der Waals surface area contributed by atoms with Crippen molar-refractivity contribution in [3.63, 3.8) is 0 Å². The van der Waals surface area contributed by atoms with Crippen molar-refractivity contribution in [3.05, 3.63) is 12.2 Å². The number of carbonyl (C=O) groups is 1. The van der Waals surface area contributed by atoms with Crippen molar-refractivity contribution in [1.29, 1.82) is 0 Å². The van der Waals surface area contributed by atoms with Crippen LogP contribution in [0.15, 0.2) is 12.2 Å². The molecule has 0 radical (unpaired) electrons. The molecule has 2 unspecified atom stereocenters. The summed E-state index contributed by atoms with van der Waals surface area (Å²) in [4.78, 5) is 22.5. The fourth-order valence-corrected chi connectivity index (χ4v) is 8.05. The van der Waals surface area contributed by atoms with Gasteiger partial charge in [0.25, 0.3) is 0 Å². The first-order chi connectivity index (χ1) is 27.9. The van der Waals surface area contributed by atoms with Crippen molar-refractivity contribution in [2.75, 3.05) is 33.0 Å². The Morgan fingerprint density at radius 2 is 0.877 bits per heavy atom. The van der Waals surface area contributed by atoms with Crippen LogP contribution in [0.4, 0.5) is 0 Å². The van der Waals surface area contributed by atoms with Gasteiger partial charge in [-0.2, -0.15) is 0 Å². The Morgan fingerprint density at radius 1 is 0.509 bits per heavy atom. The number of phosphoric acid groups is 1. The number of nitrogens with two attached hydrogens (primary N) is 1. The fraction of sp³-hybridized carbons (Fsp3) is 0.938. The summed E-state index contributed by atoms with van der Waals surface area (Å²) >= 11 is 0. The van der Waals surface area contributed by atoms with Crippen LogP contribution in [0.3, 0.4) is 0 Å². The van der Waals surface area contributed by atoms with Crippen LogP contribution in [0, 0.1) is 0 Å². The summed E-state index contributed by atoms with van der Waals surface area (Å²) in [7, 11) is -4.27. The number of unbranched alkanes of at least 4 members (excludes halogenated alkanes) is 33. The molecule has 0 aliphatic rings. The van der Waals surface area contributed by atoms with Crippen molar-refractivity contribution in [3.8, 4) is 0 Å². The summed E-state index contributed by atoms with van der Waals surface area (Å²) in [5, 5.41) is 0. The molecular weight excluding hydrogens is 734 g/mol. The molecule has 0 aromatic rings. The van der Waals surface area contributed by atoms with E-state index in [2.05, 4.69) is 26.0 Å². The molecular formula is C48H96NO7P. The zero-order chi connectivity index (χ0) is 41.6. The van der Waals surface area contributed by atoms with Gasteiger partial charge in [-0.05, 0) is 38.5 Å². The average Bonchev–Trinajstić information content (AvgIpc) is 3.20. The average molecular weight is 830 g/mol. The SMILES string of the molecule is CCCCCCCCCC/C=C\CCCCCCCCCCCCOCC(COP(=O)(O)OCCN)OC(=O)CCCCCCCCCCCCCCCCCC. The lowest BCUT2D eigenvalue weighted by atomic mass is 10.0. The van der Waals surface area contributed by atoms with Crippen LogP contribution in [-0.4, -0.2) is 49.9 Å². The molecule has 0 saturated carbocycles. The Bertz CT molecular complexity index is 889. The van der Waals surface area contributed by atoms with Crippen LogP contribution in [0.1, 0.15) is 251 Å². The van der Waals surface area contributed by atoms with Crippen molar-refractivity contribution < 1.29 is 32.8 Å². The maximum Gasteiger partial charge on any atom is 0.472 e. The number of allylic oxidation sites excluding steroid dienone is 2. The van der Waals surface area contributed by atoms with Crippen molar-refractivity contribution in [1.82, 2.24) is 0 Å². The van der Waals surface area contributed by atoms with E-state index < -0.39 is 13.9 Å². The third-order valence-corrected chi connectivity index (χ3v) is 11.9. The van der Waals surface area contributed by atoms with Crippen LogP contribution in [-0.2, 0) is 27.9 Å². The molecule has 3 N–H and O–H groups in total. The third-order valence-electron chi connectivity index (χ3n) is 10.9. The molecule has 0 aromatic carbocycles. The largest absolute Gasteiger partial charge is 0.472 e. The van der Waals surface area contributed by atoms with Gasteiger partial charge in [0.15, 0.2) is 0 Å². The molecule has 0 amide bonds. The molecule has 0 aromatic heterocycles. The molecule has 0 aliphatic carbocycles. The van der Waals surface area contributed by atoms with Crippen LogP contribution in [0.5, 0.6) is 0 Å². The minimum absolute atomic E-state index is 0.0920. The van der Waals surface area contributed by atoms with E-state index in [0.29, 0.717) is 13.0 Å². The Balaban J connectivity index is 3.91. The molecule has 2 atom stereocenters. The molecule has 0 spiro atoms. The maximum atomic E-state index is 12.6. The second-order valence-corrected chi connectivity index (χ2v) is 18.1. The highest BCUT2D eigenvalue weighted by Gasteiger charge is 2.25. The number of hydrogen-bond donors (Lipinski definition) is 2. The monoisotopic (exact) mass is 830 g/mol. The predicted molar refractivity (Wildman–Crippen MR) is 243 cm³/mol. The van der Waals surface area contributed by atoms with Gasteiger partial charge in [-0.15, -0.1) is 0 Å². The van der Waals surface area contributed by atoms with E-state index in [4.69, 9.17) is 24.3 Å². The van der Waals surface area contributed by atoms with Gasteiger partial charge in [0.1, 0.15) is 6.10 Å². The van der Waals surface area contributed by atoms with Gasteiger partial charge in [-0.25, -0.2) is 4.57 Å². The number of esters is 1. The highest BCUT2D eigenvalue weighted by Crippen LogP contribution is 2.43. The quantitative estimate of drug-likeness (QED) is 0.0269. The molecule has 340 valence electrons. The van der Waals surface area contributed by atoms with Crippen molar-refractivity contribution >= 4 is 13.8 Å². The van der Waals surface area contributed by atoms with Crippen LogP contribution in [0.2, 0.25) is 0 Å². The van der Waals surface area contributed by atoms with Gasteiger partial charge >= 0.3 is 13.8 Å². The van der Waals surface area contributed by atoms with E-state index in [0.717, 1.165) is 32.1 Å². The van der Waals surface area contributed by atoms with E-state index in [1.165, 1.54) is 199 Å². The van der Waals surface area contributed by atoms with E-state index >= 15 is 0 Å². The molecule has 8 nitrogen and oxygen atoms in total. The summed E-state index contributed by atoms with van der Waals surface area (Å²) < 4.78 is 33.5. The van der Waals surface area contributed by atoms with Crippen LogP contribution >= 0.6 is 7.82 Å².